The van der Waals surface area contributed by atoms with Crippen LogP contribution in [0.25, 0.3) is 0 Å². The van der Waals surface area contributed by atoms with Gasteiger partial charge in [-0.25, -0.2) is 0 Å². The predicted molar refractivity (Wildman–Crippen MR) is 111 cm³/mol. The van der Waals surface area contributed by atoms with Crippen LogP contribution in [0.5, 0.6) is 0 Å². The first-order valence-electron chi connectivity index (χ1n) is 10.2. The van der Waals surface area contributed by atoms with E-state index in [-0.39, 0.29) is 17.9 Å². The molecule has 1 fully saturated rings. The highest BCUT2D eigenvalue weighted by Crippen LogP contribution is 2.45. The summed E-state index contributed by atoms with van der Waals surface area (Å²) in [6, 6.07) is 16.2. The number of fused-ring (bicyclic) bond motifs is 2. The molecule has 1 N–H and O–H groups in total. The second-order valence-corrected chi connectivity index (χ2v) is 8.25. The van der Waals surface area contributed by atoms with Crippen molar-refractivity contribution < 1.29 is 9.59 Å². The van der Waals surface area contributed by atoms with Gasteiger partial charge in [-0.2, -0.15) is 0 Å². The average Bonchev–Trinajstić information content (AvgIpc) is 3.29. The second kappa shape index (κ2) is 6.36. The van der Waals surface area contributed by atoms with Crippen molar-refractivity contribution in [1.82, 2.24) is 0 Å². The number of hydrogen-bond acceptors (Lipinski definition) is 3. The Morgan fingerprint density at radius 1 is 1.07 bits per heavy atom. The molecule has 2 aliphatic heterocycles. The summed E-state index contributed by atoms with van der Waals surface area (Å²) in [7, 11) is 0. The van der Waals surface area contributed by atoms with Gasteiger partial charge in [-0.1, -0.05) is 43.2 Å². The summed E-state index contributed by atoms with van der Waals surface area (Å²) < 4.78 is 0. The molecule has 0 bridgehead atoms. The van der Waals surface area contributed by atoms with Crippen molar-refractivity contribution in [2.75, 3.05) is 21.7 Å². The molecular weight excluding hydrogens is 350 g/mol. The molecule has 1 aliphatic carbocycles. The van der Waals surface area contributed by atoms with Crippen LogP contribution in [0.4, 0.5) is 17.1 Å². The largest absolute Gasteiger partial charge is 0.359 e. The third-order valence-corrected chi connectivity index (χ3v) is 6.58. The van der Waals surface area contributed by atoms with E-state index in [1.807, 2.05) is 35.2 Å². The molecule has 2 aromatic carbocycles. The zero-order valence-corrected chi connectivity index (χ0v) is 16.1. The van der Waals surface area contributed by atoms with E-state index in [0.29, 0.717) is 6.54 Å². The van der Waals surface area contributed by atoms with E-state index in [4.69, 9.17) is 0 Å². The molecule has 2 amide bonds. The van der Waals surface area contributed by atoms with Crippen molar-refractivity contribution in [2.45, 2.75) is 50.6 Å². The average molecular weight is 375 g/mol. The zero-order valence-electron chi connectivity index (χ0n) is 16.1. The monoisotopic (exact) mass is 375 g/mol. The number of nitrogens with zero attached hydrogens (tertiary/aromatic N) is 2. The summed E-state index contributed by atoms with van der Waals surface area (Å²) in [4.78, 5) is 30.8. The minimum Gasteiger partial charge on any atom is -0.359 e. The first kappa shape index (κ1) is 17.3. The van der Waals surface area contributed by atoms with Gasteiger partial charge in [-0.05, 0) is 49.9 Å². The Morgan fingerprint density at radius 2 is 1.75 bits per heavy atom. The van der Waals surface area contributed by atoms with Crippen LogP contribution in [0.3, 0.4) is 0 Å². The summed E-state index contributed by atoms with van der Waals surface area (Å²) in [5, 5.41) is 3.05. The van der Waals surface area contributed by atoms with Crippen LogP contribution in [0, 0.1) is 0 Å². The maximum atomic E-state index is 13.7. The van der Waals surface area contributed by atoms with Gasteiger partial charge in [0, 0.05) is 11.7 Å². The number of para-hydroxylation sites is 3. The van der Waals surface area contributed by atoms with Crippen LogP contribution in [-0.2, 0) is 16.0 Å². The van der Waals surface area contributed by atoms with Crippen LogP contribution < -0.4 is 15.1 Å². The lowest BCUT2D eigenvalue weighted by atomic mass is 9.89. The molecule has 5 rings (SSSR count). The standard InChI is InChI=1S/C23H25N3O2/c1-16-14-17-8-2-4-10-19(17)25(16)15-21(27)26-20-11-5-3-9-18(20)24-22(28)23(26)12-6-7-13-23/h2-5,8-11,16H,6-7,12-15H2,1H3,(H,24,28). The highest BCUT2D eigenvalue weighted by Gasteiger charge is 2.52. The number of anilines is 3. The third-order valence-electron chi connectivity index (χ3n) is 6.58. The fraction of sp³-hybridized carbons (Fsp3) is 0.391. The maximum absolute atomic E-state index is 13.7. The molecule has 2 heterocycles. The third kappa shape index (κ3) is 2.45. The van der Waals surface area contributed by atoms with Gasteiger partial charge in [-0.15, -0.1) is 0 Å². The Hall–Kier alpha value is -2.82. The molecule has 5 heteroatoms. The molecule has 5 nitrogen and oxygen atoms in total. The van der Waals surface area contributed by atoms with E-state index in [0.717, 1.165) is 49.2 Å². The van der Waals surface area contributed by atoms with Gasteiger partial charge in [0.25, 0.3) is 5.91 Å². The van der Waals surface area contributed by atoms with Crippen molar-refractivity contribution in [2.24, 2.45) is 0 Å². The smallest absolute Gasteiger partial charge is 0.250 e. The summed E-state index contributed by atoms with van der Waals surface area (Å²) in [6.07, 6.45) is 4.35. The van der Waals surface area contributed by atoms with Gasteiger partial charge in [0.15, 0.2) is 0 Å². The number of hydrogen-bond donors (Lipinski definition) is 1. The lowest BCUT2D eigenvalue weighted by Gasteiger charge is -2.45. The molecule has 0 aromatic heterocycles. The number of rotatable bonds is 2. The van der Waals surface area contributed by atoms with Crippen LogP contribution in [-0.4, -0.2) is 29.9 Å². The van der Waals surface area contributed by atoms with E-state index in [1.54, 1.807) is 0 Å². The molecule has 1 saturated carbocycles. The number of nitrogens with one attached hydrogen (secondary N) is 1. The van der Waals surface area contributed by atoms with E-state index >= 15 is 0 Å². The summed E-state index contributed by atoms with van der Waals surface area (Å²) >= 11 is 0. The first-order valence-corrected chi connectivity index (χ1v) is 10.2. The fourth-order valence-electron chi connectivity index (χ4n) is 5.22. The highest BCUT2D eigenvalue weighted by atomic mass is 16.2. The molecule has 1 spiro atoms. The molecule has 3 aliphatic rings. The number of carbonyl (C=O) groups excluding carboxylic acids is 2. The molecule has 0 radical (unpaired) electrons. The molecular formula is C23H25N3O2. The van der Waals surface area contributed by atoms with Crippen LogP contribution in [0.15, 0.2) is 48.5 Å². The van der Waals surface area contributed by atoms with Gasteiger partial charge in [0.05, 0.1) is 17.9 Å². The van der Waals surface area contributed by atoms with E-state index in [2.05, 4.69) is 35.3 Å². The number of carbonyl (C=O) groups is 2. The topological polar surface area (TPSA) is 52.7 Å². The van der Waals surface area contributed by atoms with Crippen molar-refractivity contribution in [3.05, 3.63) is 54.1 Å². The van der Waals surface area contributed by atoms with Crippen LogP contribution in [0.1, 0.15) is 38.2 Å². The number of benzene rings is 2. The molecule has 1 unspecified atom stereocenters. The molecule has 1 atom stereocenters. The van der Waals surface area contributed by atoms with E-state index in [1.165, 1.54) is 5.56 Å². The normalized spacial score (nSPS) is 22.2. The van der Waals surface area contributed by atoms with E-state index in [9.17, 15) is 9.59 Å². The van der Waals surface area contributed by atoms with Gasteiger partial charge < -0.3 is 10.2 Å². The summed E-state index contributed by atoms with van der Waals surface area (Å²) in [5.41, 5.74) is 3.24. The SMILES string of the molecule is CC1Cc2ccccc2N1CC(=O)N1c2ccccc2NC(=O)C12CCCC2. The Kier molecular flexibility index (Phi) is 3.93. The van der Waals surface area contributed by atoms with Crippen molar-refractivity contribution >= 4 is 28.9 Å². The Balaban J connectivity index is 1.53. The predicted octanol–water partition coefficient (Wildman–Crippen LogP) is 3.74. The maximum Gasteiger partial charge on any atom is 0.250 e. The van der Waals surface area contributed by atoms with Crippen molar-refractivity contribution in [1.29, 1.82) is 0 Å². The van der Waals surface area contributed by atoms with Crippen molar-refractivity contribution in [3.8, 4) is 0 Å². The Labute approximate surface area is 165 Å². The summed E-state index contributed by atoms with van der Waals surface area (Å²) in [6.45, 7) is 2.46. The summed E-state index contributed by atoms with van der Waals surface area (Å²) in [5.74, 6) is -0.0281. The fourth-order valence-corrected chi connectivity index (χ4v) is 5.22. The minimum atomic E-state index is -0.742. The minimum absolute atomic E-state index is 0.00718. The number of amides is 2. The van der Waals surface area contributed by atoms with Gasteiger partial charge in [0.1, 0.15) is 5.54 Å². The van der Waals surface area contributed by atoms with Crippen molar-refractivity contribution in [3.63, 3.8) is 0 Å². The molecule has 144 valence electrons. The zero-order chi connectivity index (χ0) is 19.3. The highest BCUT2D eigenvalue weighted by molar-refractivity contribution is 6.15. The Bertz CT molecular complexity index is 948. The second-order valence-electron chi connectivity index (χ2n) is 8.25. The van der Waals surface area contributed by atoms with Crippen LogP contribution in [0.2, 0.25) is 0 Å². The first-order chi connectivity index (χ1) is 13.6. The molecule has 2 aromatic rings. The van der Waals surface area contributed by atoms with Gasteiger partial charge in [0.2, 0.25) is 5.91 Å². The lowest BCUT2D eigenvalue weighted by molar-refractivity contribution is -0.126. The van der Waals surface area contributed by atoms with E-state index < -0.39 is 5.54 Å². The van der Waals surface area contributed by atoms with Gasteiger partial charge in [-0.3, -0.25) is 14.5 Å². The Morgan fingerprint density at radius 3 is 2.54 bits per heavy atom. The molecule has 0 saturated heterocycles. The quantitative estimate of drug-likeness (QED) is 0.870. The lowest BCUT2D eigenvalue weighted by Crippen LogP contribution is -2.62. The molecule has 28 heavy (non-hydrogen) atoms. The van der Waals surface area contributed by atoms with Crippen LogP contribution >= 0.6 is 0 Å². The van der Waals surface area contributed by atoms with Gasteiger partial charge >= 0.3 is 0 Å².